The molecular weight excluding hydrogens is 345 g/mol. The van der Waals surface area contributed by atoms with Gasteiger partial charge >= 0.3 is 0 Å². The van der Waals surface area contributed by atoms with Gasteiger partial charge in [-0.25, -0.2) is 4.68 Å². The number of anilines is 1. The highest BCUT2D eigenvalue weighted by Gasteiger charge is 2.18. The van der Waals surface area contributed by atoms with Gasteiger partial charge in [-0.3, -0.25) is 0 Å². The standard InChI is InChI=1S/C12H12IN3O2/c1-7(16-12(14)9(13)5-15-16)8-2-3-10-11(4-8)18-6-17-10/h2-5,7H,6,14H2,1H3. The summed E-state index contributed by atoms with van der Waals surface area (Å²) in [5, 5.41) is 4.30. The summed E-state index contributed by atoms with van der Waals surface area (Å²) >= 11 is 2.17. The summed E-state index contributed by atoms with van der Waals surface area (Å²) in [5.41, 5.74) is 7.08. The lowest BCUT2D eigenvalue weighted by atomic mass is 10.1. The average Bonchev–Trinajstić information content (AvgIpc) is 2.96. The number of nitrogens with two attached hydrogens (primary N) is 1. The zero-order valence-electron chi connectivity index (χ0n) is 9.76. The van der Waals surface area contributed by atoms with Gasteiger partial charge in [0.05, 0.1) is 15.8 Å². The topological polar surface area (TPSA) is 62.3 Å². The van der Waals surface area contributed by atoms with Crippen LogP contribution in [0.25, 0.3) is 0 Å². The van der Waals surface area contributed by atoms with Gasteiger partial charge in [-0.2, -0.15) is 5.10 Å². The average molecular weight is 357 g/mol. The maximum absolute atomic E-state index is 5.99. The van der Waals surface area contributed by atoms with Crippen LogP contribution in [0, 0.1) is 3.57 Å². The summed E-state index contributed by atoms with van der Waals surface area (Å²) in [4.78, 5) is 0. The molecule has 5 nitrogen and oxygen atoms in total. The first-order chi connectivity index (χ1) is 8.66. The van der Waals surface area contributed by atoms with E-state index in [2.05, 4.69) is 34.6 Å². The lowest BCUT2D eigenvalue weighted by molar-refractivity contribution is 0.174. The van der Waals surface area contributed by atoms with Crippen molar-refractivity contribution in [3.05, 3.63) is 33.5 Å². The van der Waals surface area contributed by atoms with Gasteiger partial charge in [-0.05, 0) is 47.2 Å². The van der Waals surface area contributed by atoms with Gasteiger partial charge in [0.2, 0.25) is 6.79 Å². The predicted octanol–water partition coefficient (Wildman–Crippen LogP) is 2.41. The van der Waals surface area contributed by atoms with Crippen molar-refractivity contribution in [1.29, 1.82) is 0 Å². The predicted molar refractivity (Wildman–Crippen MR) is 75.7 cm³/mol. The maximum Gasteiger partial charge on any atom is 0.231 e. The van der Waals surface area contributed by atoms with E-state index in [0.717, 1.165) is 20.6 Å². The lowest BCUT2D eigenvalue weighted by Crippen LogP contribution is -2.11. The van der Waals surface area contributed by atoms with Crippen molar-refractivity contribution >= 4 is 28.4 Å². The van der Waals surface area contributed by atoms with Crippen molar-refractivity contribution < 1.29 is 9.47 Å². The SMILES string of the molecule is CC(c1ccc2c(c1)OCO2)n1ncc(I)c1N. The number of nitrogens with zero attached hydrogens (tertiary/aromatic N) is 2. The second-order valence-electron chi connectivity index (χ2n) is 4.11. The maximum atomic E-state index is 5.99. The summed E-state index contributed by atoms with van der Waals surface area (Å²) in [6, 6.07) is 5.95. The van der Waals surface area contributed by atoms with Crippen LogP contribution in [0.1, 0.15) is 18.5 Å². The third-order valence-corrected chi connectivity index (χ3v) is 3.86. The van der Waals surface area contributed by atoms with Gasteiger partial charge < -0.3 is 15.2 Å². The normalized spacial score (nSPS) is 14.8. The van der Waals surface area contributed by atoms with Crippen LogP contribution in [-0.4, -0.2) is 16.6 Å². The molecule has 2 aromatic rings. The molecule has 0 bridgehead atoms. The van der Waals surface area contributed by atoms with E-state index in [9.17, 15) is 0 Å². The molecule has 0 radical (unpaired) electrons. The molecule has 94 valence electrons. The van der Waals surface area contributed by atoms with E-state index in [-0.39, 0.29) is 12.8 Å². The fraction of sp³-hybridized carbons (Fsp3) is 0.250. The lowest BCUT2D eigenvalue weighted by Gasteiger charge is -2.14. The summed E-state index contributed by atoms with van der Waals surface area (Å²) in [5.74, 6) is 2.24. The summed E-state index contributed by atoms with van der Waals surface area (Å²) < 4.78 is 13.4. The molecule has 18 heavy (non-hydrogen) atoms. The summed E-state index contributed by atoms with van der Waals surface area (Å²) in [6.45, 7) is 2.34. The summed E-state index contributed by atoms with van der Waals surface area (Å²) in [7, 11) is 0. The van der Waals surface area contributed by atoms with E-state index in [1.165, 1.54) is 0 Å². The van der Waals surface area contributed by atoms with Crippen molar-refractivity contribution in [1.82, 2.24) is 9.78 Å². The van der Waals surface area contributed by atoms with Gasteiger partial charge in [0.25, 0.3) is 0 Å². The fourth-order valence-corrected chi connectivity index (χ4v) is 2.35. The molecule has 1 aromatic carbocycles. The number of ether oxygens (including phenoxy) is 2. The number of halogens is 1. The van der Waals surface area contributed by atoms with Crippen LogP contribution >= 0.6 is 22.6 Å². The van der Waals surface area contributed by atoms with Crippen LogP contribution in [0.15, 0.2) is 24.4 Å². The van der Waals surface area contributed by atoms with Crippen molar-refractivity contribution in [2.24, 2.45) is 0 Å². The molecule has 2 heterocycles. The van der Waals surface area contributed by atoms with Gasteiger partial charge in [0.15, 0.2) is 11.5 Å². The highest BCUT2D eigenvalue weighted by atomic mass is 127. The summed E-state index contributed by atoms with van der Waals surface area (Å²) in [6.07, 6.45) is 1.76. The third kappa shape index (κ3) is 1.80. The van der Waals surface area contributed by atoms with E-state index in [4.69, 9.17) is 15.2 Å². The molecule has 1 aromatic heterocycles. The fourth-order valence-electron chi connectivity index (χ4n) is 1.97. The van der Waals surface area contributed by atoms with Gasteiger partial charge in [-0.15, -0.1) is 0 Å². The molecule has 1 aliphatic heterocycles. The second-order valence-corrected chi connectivity index (χ2v) is 5.27. The quantitative estimate of drug-likeness (QED) is 0.839. The molecule has 3 rings (SSSR count). The first-order valence-corrected chi connectivity index (χ1v) is 6.62. The number of rotatable bonds is 2. The molecule has 0 amide bonds. The Morgan fingerprint density at radius 2 is 2.17 bits per heavy atom. The van der Waals surface area contributed by atoms with Crippen LogP contribution in [0.5, 0.6) is 11.5 Å². The zero-order valence-corrected chi connectivity index (χ0v) is 11.9. The first-order valence-electron chi connectivity index (χ1n) is 5.55. The first kappa shape index (κ1) is 11.6. The third-order valence-electron chi connectivity index (χ3n) is 3.03. The Labute approximate surface area is 118 Å². The van der Waals surface area contributed by atoms with Crippen molar-refractivity contribution in [3.63, 3.8) is 0 Å². The number of aromatic nitrogens is 2. The monoisotopic (exact) mass is 357 g/mol. The van der Waals surface area contributed by atoms with Gasteiger partial charge in [0.1, 0.15) is 5.82 Å². The number of nitrogen functional groups attached to an aromatic ring is 1. The highest BCUT2D eigenvalue weighted by molar-refractivity contribution is 14.1. The minimum Gasteiger partial charge on any atom is -0.454 e. The number of benzene rings is 1. The number of fused-ring (bicyclic) bond motifs is 1. The molecule has 0 saturated carbocycles. The zero-order chi connectivity index (χ0) is 12.7. The largest absolute Gasteiger partial charge is 0.454 e. The molecule has 0 saturated heterocycles. The molecule has 0 spiro atoms. The molecule has 1 aliphatic rings. The van der Waals surface area contributed by atoms with Crippen LogP contribution in [0.4, 0.5) is 5.82 Å². The Bertz CT molecular complexity index is 597. The van der Waals surface area contributed by atoms with E-state index < -0.39 is 0 Å². The van der Waals surface area contributed by atoms with Crippen LogP contribution in [-0.2, 0) is 0 Å². The number of hydrogen-bond acceptors (Lipinski definition) is 4. The second kappa shape index (κ2) is 4.34. The van der Waals surface area contributed by atoms with Gasteiger partial charge in [-0.1, -0.05) is 6.07 Å². The van der Waals surface area contributed by atoms with Crippen molar-refractivity contribution in [2.45, 2.75) is 13.0 Å². The number of hydrogen-bond donors (Lipinski definition) is 1. The van der Waals surface area contributed by atoms with E-state index in [1.807, 2.05) is 18.2 Å². The minimum atomic E-state index is 0.0583. The molecule has 1 unspecified atom stereocenters. The molecule has 0 aliphatic carbocycles. The Kier molecular flexibility index (Phi) is 2.81. The Balaban J connectivity index is 1.97. The van der Waals surface area contributed by atoms with Crippen LogP contribution < -0.4 is 15.2 Å². The van der Waals surface area contributed by atoms with E-state index in [0.29, 0.717) is 5.82 Å². The minimum absolute atomic E-state index is 0.0583. The molecule has 1 atom stereocenters. The van der Waals surface area contributed by atoms with E-state index >= 15 is 0 Å². The molecule has 6 heteroatoms. The molecule has 2 N–H and O–H groups in total. The molecule has 0 fully saturated rings. The van der Waals surface area contributed by atoms with Crippen LogP contribution in [0.2, 0.25) is 0 Å². The van der Waals surface area contributed by atoms with Crippen molar-refractivity contribution in [3.8, 4) is 11.5 Å². The molecular formula is C12H12IN3O2. The smallest absolute Gasteiger partial charge is 0.231 e. The Morgan fingerprint density at radius 1 is 1.39 bits per heavy atom. The Hall–Kier alpha value is -1.44. The Morgan fingerprint density at radius 3 is 2.89 bits per heavy atom. The highest BCUT2D eigenvalue weighted by Crippen LogP contribution is 2.35. The van der Waals surface area contributed by atoms with Gasteiger partial charge in [0, 0.05) is 0 Å². The van der Waals surface area contributed by atoms with Crippen molar-refractivity contribution in [2.75, 3.05) is 12.5 Å². The van der Waals surface area contributed by atoms with E-state index in [1.54, 1.807) is 10.9 Å². The van der Waals surface area contributed by atoms with Crippen LogP contribution in [0.3, 0.4) is 0 Å².